The molecule has 0 fully saturated rings. The fourth-order valence-electron chi connectivity index (χ4n) is 0.688. The molecule has 0 aromatic rings. The number of aldehydes is 1. The summed E-state index contributed by atoms with van der Waals surface area (Å²) in [7, 11) is 0. The van der Waals surface area contributed by atoms with Gasteiger partial charge in [0.25, 0.3) is 0 Å². The molecule has 1 rings (SSSR count). The Balaban J connectivity index is 2.63. The first kappa shape index (κ1) is 6.96. The van der Waals surface area contributed by atoms with Gasteiger partial charge in [-0.2, -0.15) is 0 Å². The van der Waals surface area contributed by atoms with Crippen LogP contribution in [0, 0.1) is 0 Å². The van der Waals surface area contributed by atoms with Gasteiger partial charge in [0.05, 0.1) is 6.61 Å². The first-order valence-corrected chi connectivity index (χ1v) is 3.67. The monoisotopic (exact) mass is 190 g/mol. The van der Waals surface area contributed by atoms with Gasteiger partial charge in [0.1, 0.15) is 11.3 Å². The predicted molar refractivity (Wildman–Crippen MR) is 37.4 cm³/mol. The fourth-order valence-corrected chi connectivity index (χ4v) is 1.17. The lowest BCUT2D eigenvalue weighted by molar-refractivity contribution is -0.105. The molecular formula is C6H7BrO2. The van der Waals surface area contributed by atoms with Crippen molar-refractivity contribution in [1.29, 1.82) is 0 Å². The Bertz CT molecular complexity index is 142. The second kappa shape index (κ2) is 3.13. The highest BCUT2D eigenvalue weighted by molar-refractivity contribution is 9.09. The summed E-state index contributed by atoms with van der Waals surface area (Å²) < 4.78 is 5.10. The van der Waals surface area contributed by atoms with Gasteiger partial charge in [0, 0.05) is 5.57 Å². The highest BCUT2D eigenvalue weighted by atomic mass is 79.9. The number of hydrogen-bond acceptors (Lipinski definition) is 2. The molecule has 0 saturated carbocycles. The molecule has 0 aromatic heterocycles. The van der Waals surface area contributed by atoms with Crippen molar-refractivity contribution < 1.29 is 9.53 Å². The molecule has 0 radical (unpaired) electrons. The molecule has 0 saturated heterocycles. The van der Waals surface area contributed by atoms with E-state index in [1.54, 1.807) is 0 Å². The van der Waals surface area contributed by atoms with Crippen molar-refractivity contribution in [2.45, 2.75) is 11.4 Å². The minimum atomic E-state index is -0.177. The van der Waals surface area contributed by atoms with E-state index < -0.39 is 0 Å². The zero-order chi connectivity index (χ0) is 6.69. The quantitative estimate of drug-likeness (QED) is 0.460. The summed E-state index contributed by atoms with van der Waals surface area (Å²) in [5.74, 6) is 0. The topological polar surface area (TPSA) is 26.3 Å². The SMILES string of the molecule is O=CC1=CCCOC1Br. The lowest BCUT2D eigenvalue weighted by Gasteiger charge is -2.14. The highest BCUT2D eigenvalue weighted by Crippen LogP contribution is 2.16. The number of hydrogen-bond donors (Lipinski definition) is 0. The normalized spacial score (nSPS) is 27.2. The summed E-state index contributed by atoms with van der Waals surface area (Å²) in [6.07, 6.45) is 3.55. The molecule has 1 aliphatic heterocycles. The van der Waals surface area contributed by atoms with Crippen LogP contribution in [0.2, 0.25) is 0 Å². The van der Waals surface area contributed by atoms with Crippen molar-refractivity contribution in [2.75, 3.05) is 6.61 Å². The second-order valence-corrected chi connectivity index (χ2v) is 2.63. The van der Waals surface area contributed by atoms with Gasteiger partial charge in [-0.3, -0.25) is 4.79 Å². The number of carbonyl (C=O) groups is 1. The lowest BCUT2D eigenvalue weighted by Crippen LogP contribution is -2.14. The number of ether oxygens (including phenoxy) is 1. The molecule has 0 bridgehead atoms. The fraction of sp³-hybridized carbons (Fsp3) is 0.500. The van der Waals surface area contributed by atoms with E-state index in [1.165, 1.54) is 0 Å². The molecule has 3 heteroatoms. The van der Waals surface area contributed by atoms with Crippen molar-refractivity contribution in [2.24, 2.45) is 0 Å². The Morgan fingerprint density at radius 1 is 1.89 bits per heavy atom. The molecule has 0 spiro atoms. The molecule has 0 N–H and O–H groups in total. The van der Waals surface area contributed by atoms with E-state index in [9.17, 15) is 4.79 Å². The third kappa shape index (κ3) is 1.63. The van der Waals surface area contributed by atoms with Crippen LogP contribution >= 0.6 is 15.9 Å². The van der Waals surface area contributed by atoms with Gasteiger partial charge in [0.15, 0.2) is 0 Å². The van der Waals surface area contributed by atoms with Gasteiger partial charge in [-0.15, -0.1) is 0 Å². The molecule has 1 aliphatic rings. The van der Waals surface area contributed by atoms with Gasteiger partial charge in [-0.1, -0.05) is 22.0 Å². The van der Waals surface area contributed by atoms with Crippen molar-refractivity contribution in [3.05, 3.63) is 11.6 Å². The number of carbonyl (C=O) groups excluding carboxylic acids is 1. The summed E-state index contributed by atoms with van der Waals surface area (Å²) in [6.45, 7) is 0.702. The minimum Gasteiger partial charge on any atom is -0.362 e. The minimum absolute atomic E-state index is 0.177. The maximum atomic E-state index is 10.2. The summed E-state index contributed by atoms with van der Waals surface area (Å²) in [6, 6.07) is 0. The third-order valence-electron chi connectivity index (χ3n) is 1.16. The van der Waals surface area contributed by atoms with Crippen LogP contribution in [0.3, 0.4) is 0 Å². The summed E-state index contributed by atoms with van der Waals surface area (Å²) >= 11 is 3.19. The Hall–Kier alpha value is -0.150. The van der Waals surface area contributed by atoms with E-state index in [2.05, 4.69) is 15.9 Å². The van der Waals surface area contributed by atoms with Crippen LogP contribution in [0.15, 0.2) is 11.6 Å². The molecule has 1 heterocycles. The molecule has 0 amide bonds. The summed E-state index contributed by atoms with van der Waals surface area (Å²) in [5.41, 5.74) is 0.696. The molecule has 1 unspecified atom stereocenters. The van der Waals surface area contributed by atoms with E-state index in [1.807, 2.05) is 6.08 Å². The molecule has 1 atom stereocenters. The first-order valence-electron chi connectivity index (χ1n) is 2.75. The van der Waals surface area contributed by atoms with Gasteiger partial charge < -0.3 is 4.74 Å². The zero-order valence-corrected chi connectivity index (χ0v) is 6.43. The van der Waals surface area contributed by atoms with Crippen LogP contribution in [0.5, 0.6) is 0 Å². The summed E-state index contributed by atoms with van der Waals surface area (Å²) in [5, 5.41) is -0.177. The molecule has 0 aromatic carbocycles. The first-order chi connectivity index (χ1) is 4.34. The van der Waals surface area contributed by atoms with Crippen molar-refractivity contribution >= 4 is 22.2 Å². The molecule has 9 heavy (non-hydrogen) atoms. The number of halogens is 1. The van der Waals surface area contributed by atoms with Crippen molar-refractivity contribution in [1.82, 2.24) is 0 Å². The number of rotatable bonds is 1. The maximum Gasteiger partial charge on any atom is 0.149 e. The van der Waals surface area contributed by atoms with Crippen LogP contribution in [0.4, 0.5) is 0 Å². The van der Waals surface area contributed by atoms with E-state index in [0.29, 0.717) is 12.2 Å². The van der Waals surface area contributed by atoms with E-state index >= 15 is 0 Å². The standard InChI is InChI=1S/C6H7BrO2/c7-6-5(4-8)2-1-3-9-6/h2,4,6H,1,3H2. The van der Waals surface area contributed by atoms with Crippen LogP contribution in [0.25, 0.3) is 0 Å². The van der Waals surface area contributed by atoms with Crippen LogP contribution in [-0.4, -0.2) is 17.9 Å². The second-order valence-electron chi connectivity index (χ2n) is 1.80. The summed E-state index contributed by atoms with van der Waals surface area (Å²) in [4.78, 5) is 10.2. The Morgan fingerprint density at radius 2 is 2.67 bits per heavy atom. The maximum absolute atomic E-state index is 10.2. The largest absolute Gasteiger partial charge is 0.362 e. The molecule has 50 valence electrons. The lowest BCUT2D eigenvalue weighted by atomic mass is 10.2. The predicted octanol–water partition coefficient (Wildman–Crippen LogP) is 1.25. The van der Waals surface area contributed by atoms with E-state index in [-0.39, 0.29) is 5.01 Å². The Morgan fingerprint density at radius 3 is 3.11 bits per heavy atom. The number of alkyl halides is 1. The zero-order valence-electron chi connectivity index (χ0n) is 4.84. The van der Waals surface area contributed by atoms with Gasteiger partial charge in [-0.25, -0.2) is 0 Å². The van der Waals surface area contributed by atoms with Gasteiger partial charge in [0.2, 0.25) is 0 Å². The average Bonchev–Trinajstić information content (AvgIpc) is 1.89. The Labute approximate surface area is 62.0 Å². The molecule has 2 nitrogen and oxygen atoms in total. The van der Waals surface area contributed by atoms with Gasteiger partial charge in [-0.05, 0) is 6.42 Å². The van der Waals surface area contributed by atoms with E-state index in [4.69, 9.17) is 4.74 Å². The van der Waals surface area contributed by atoms with Crippen molar-refractivity contribution in [3.8, 4) is 0 Å². The van der Waals surface area contributed by atoms with Gasteiger partial charge >= 0.3 is 0 Å². The van der Waals surface area contributed by atoms with Crippen LogP contribution < -0.4 is 0 Å². The molecule has 0 aliphatic carbocycles. The smallest absolute Gasteiger partial charge is 0.149 e. The van der Waals surface area contributed by atoms with Crippen molar-refractivity contribution in [3.63, 3.8) is 0 Å². The molecular weight excluding hydrogens is 184 g/mol. The van der Waals surface area contributed by atoms with Crippen LogP contribution in [-0.2, 0) is 9.53 Å². The van der Waals surface area contributed by atoms with Crippen LogP contribution in [0.1, 0.15) is 6.42 Å². The average molecular weight is 191 g/mol. The highest BCUT2D eigenvalue weighted by Gasteiger charge is 2.12. The third-order valence-corrected chi connectivity index (χ3v) is 1.95. The Kier molecular flexibility index (Phi) is 2.42. The van der Waals surface area contributed by atoms with E-state index in [0.717, 1.165) is 12.7 Å².